The van der Waals surface area contributed by atoms with Crippen LogP contribution in [0.1, 0.15) is 5.56 Å². The van der Waals surface area contributed by atoms with Crippen LogP contribution in [0.15, 0.2) is 24.5 Å². The normalized spacial score (nSPS) is 11.3. The molecule has 0 aliphatic heterocycles. The van der Waals surface area contributed by atoms with Crippen molar-refractivity contribution in [1.29, 1.82) is 0 Å². The lowest BCUT2D eigenvalue weighted by Gasteiger charge is -2.06. The fourth-order valence-corrected chi connectivity index (χ4v) is 1.47. The summed E-state index contributed by atoms with van der Waals surface area (Å²) in [6.45, 7) is 0.928. The van der Waals surface area contributed by atoms with E-state index in [1.807, 2.05) is 24.5 Å². The molecule has 0 saturated carbocycles. The van der Waals surface area contributed by atoms with Crippen LogP contribution in [0.2, 0.25) is 0 Å². The Kier molecular flexibility index (Phi) is 2.02. The van der Waals surface area contributed by atoms with Crippen LogP contribution in [-0.4, -0.2) is 29.0 Å². The van der Waals surface area contributed by atoms with Gasteiger partial charge in [-0.25, -0.2) is 0 Å². The molecule has 3 heteroatoms. The highest BCUT2D eigenvalue weighted by Crippen LogP contribution is 2.15. The SMILES string of the molecule is CN(C)Cc1c[nH]c2cccnc12. The van der Waals surface area contributed by atoms with E-state index in [0.29, 0.717) is 0 Å². The molecule has 0 unspecified atom stereocenters. The molecular formula is C10H13N3. The molecule has 0 atom stereocenters. The second-order valence-corrected chi connectivity index (χ2v) is 3.45. The van der Waals surface area contributed by atoms with Gasteiger partial charge in [0.15, 0.2) is 0 Å². The molecule has 0 aromatic carbocycles. The number of hydrogen-bond acceptors (Lipinski definition) is 2. The number of H-pyrrole nitrogens is 1. The molecule has 2 aromatic heterocycles. The Labute approximate surface area is 77.4 Å². The van der Waals surface area contributed by atoms with E-state index in [1.165, 1.54) is 5.56 Å². The van der Waals surface area contributed by atoms with Crippen molar-refractivity contribution in [1.82, 2.24) is 14.9 Å². The monoisotopic (exact) mass is 175 g/mol. The van der Waals surface area contributed by atoms with Gasteiger partial charge >= 0.3 is 0 Å². The number of aromatic nitrogens is 2. The molecule has 0 fully saturated rings. The van der Waals surface area contributed by atoms with Crippen molar-refractivity contribution in [2.45, 2.75) is 6.54 Å². The standard InChI is InChI=1S/C10H13N3/c1-13(2)7-8-6-12-9-4-3-5-11-10(8)9/h3-6,12H,7H2,1-2H3. The van der Waals surface area contributed by atoms with Crippen LogP contribution in [-0.2, 0) is 6.54 Å². The summed E-state index contributed by atoms with van der Waals surface area (Å²) in [5.74, 6) is 0. The van der Waals surface area contributed by atoms with Crippen molar-refractivity contribution in [3.8, 4) is 0 Å². The van der Waals surface area contributed by atoms with Crippen LogP contribution >= 0.6 is 0 Å². The van der Waals surface area contributed by atoms with E-state index < -0.39 is 0 Å². The Morgan fingerprint density at radius 2 is 2.31 bits per heavy atom. The lowest BCUT2D eigenvalue weighted by atomic mass is 10.2. The van der Waals surface area contributed by atoms with Gasteiger partial charge in [-0.2, -0.15) is 0 Å². The molecule has 0 aliphatic rings. The highest BCUT2D eigenvalue weighted by molar-refractivity contribution is 5.78. The Balaban J connectivity index is 2.46. The summed E-state index contributed by atoms with van der Waals surface area (Å²) in [6, 6.07) is 3.99. The third-order valence-electron chi connectivity index (χ3n) is 2.00. The Morgan fingerprint density at radius 3 is 3.08 bits per heavy atom. The maximum absolute atomic E-state index is 4.34. The first-order valence-corrected chi connectivity index (χ1v) is 4.33. The van der Waals surface area contributed by atoms with E-state index in [4.69, 9.17) is 0 Å². The first-order chi connectivity index (χ1) is 6.27. The van der Waals surface area contributed by atoms with E-state index in [-0.39, 0.29) is 0 Å². The summed E-state index contributed by atoms with van der Waals surface area (Å²) >= 11 is 0. The van der Waals surface area contributed by atoms with Crippen LogP contribution in [0.3, 0.4) is 0 Å². The van der Waals surface area contributed by atoms with E-state index in [9.17, 15) is 0 Å². The number of nitrogens with one attached hydrogen (secondary N) is 1. The van der Waals surface area contributed by atoms with Crippen molar-refractivity contribution >= 4 is 11.0 Å². The average molecular weight is 175 g/mol. The van der Waals surface area contributed by atoms with Crippen molar-refractivity contribution in [3.05, 3.63) is 30.1 Å². The van der Waals surface area contributed by atoms with E-state index in [2.05, 4.69) is 29.0 Å². The predicted molar refractivity (Wildman–Crippen MR) is 53.5 cm³/mol. The fraction of sp³-hybridized carbons (Fsp3) is 0.300. The number of pyridine rings is 1. The van der Waals surface area contributed by atoms with Gasteiger partial charge in [-0.1, -0.05) is 0 Å². The van der Waals surface area contributed by atoms with E-state index in [1.54, 1.807) is 0 Å². The molecule has 0 bridgehead atoms. The van der Waals surface area contributed by atoms with Gasteiger partial charge in [0, 0.05) is 24.5 Å². The fourth-order valence-electron chi connectivity index (χ4n) is 1.47. The topological polar surface area (TPSA) is 31.9 Å². The zero-order valence-electron chi connectivity index (χ0n) is 7.91. The average Bonchev–Trinajstić information content (AvgIpc) is 2.48. The Bertz CT molecular complexity index is 403. The van der Waals surface area contributed by atoms with Crippen LogP contribution in [0.5, 0.6) is 0 Å². The molecule has 68 valence electrons. The molecule has 0 saturated heterocycles. The minimum Gasteiger partial charge on any atom is -0.360 e. The minimum absolute atomic E-state index is 0.928. The molecule has 2 aromatic rings. The Hall–Kier alpha value is -1.35. The van der Waals surface area contributed by atoms with Crippen molar-refractivity contribution < 1.29 is 0 Å². The van der Waals surface area contributed by atoms with Crippen LogP contribution < -0.4 is 0 Å². The van der Waals surface area contributed by atoms with Crippen LogP contribution in [0.4, 0.5) is 0 Å². The van der Waals surface area contributed by atoms with Gasteiger partial charge in [-0.15, -0.1) is 0 Å². The number of rotatable bonds is 2. The summed E-state index contributed by atoms with van der Waals surface area (Å²) < 4.78 is 0. The maximum atomic E-state index is 4.34. The van der Waals surface area contributed by atoms with Crippen LogP contribution in [0.25, 0.3) is 11.0 Å². The van der Waals surface area contributed by atoms with Gasteiger partial charge in [-0.3, -0.25) is 4.98 Å². The summed E-state index contributed by atoms with van der Waals surface area (Å²) in [4.78, 5) is 9.68. The summed E-state index contributed by atoms with van der Waals surface area (Å²) in [6.07, 6.45) is 3.85. The largest absolute Gasteiger partial charge is 0.360 e. The smallest absolute Gasteiger partial charge is 0.0923 e. The molecule has 0 aliphatic carbocycles. The zero-order valence-corrected chi connectivity index (χ0v) is 7.91. The van der Waals surface area contributed by atoms with Gasteiger partial charge in [0.25, 0.3) is 0 Å². The van der Waals surface area contributed by atoms with Gasteiger partial charge in [-0.05, 0) is 26.2 Å². The van der Waals surface area contributed by atoms with E-state index in [0.717, 1.165) is 17.6 Å². The number of nitrogens with zero attached hydrogens (tertiary/aromatic N) is 2. The molecule has 3 nitrogen and oxygen atoms in total. The molecule has 2 heterocycles. The number of fused-ring (bicyclic) bond motifs is 1. The molecule has 0 spiro atoms. The first kappa shape index (κ1) is 8.26. The minimum atomic E-state index is 0.928. The number of hydrogen-bond donors (Lipinski definition) is 1. The lowest BCUT2D eigenvalue weighted by Crippen LogP contribution is -2.10. The second-order valence-electron chi connectivity index (χ2n) is 3.45. The van der Waals surface area contributed by atoms with Gasteiger partial charge in [0.1, 0.15) is 0 Å². The number of aromatic amines is 1. The molecule has 1 N–H and O–H groups in total. The molecular weight excluding hydrogens is 162 g/mol. The zero-order chi connectivity index (χ0) is 9.26. The predicted octanol–water partition coefficient (Wildman–Crippen LogP) is 1.62. The third-order valence-corrected chi connectivity index (χ3v) is 2.00. The maximum Gasteiger partial charge on any atom is 0.0923 e. The highest BCUT2D eigenvalue weighted by atomic mass is 15.1. The summed E-state index contributed by atoms with van der Waals surface area (Å²) in [7, 11) is 4.11. The van der Waals surface area contributed by atoms with Gasteiger partial charge in [0.2, 0.25) is 0 Å². The molecule has 0 radical (unpaired) electrons. The third kappa shape index (κ3) is 1.55. The van der Waals surface area contributed by atoms with Crippen molar-refractivity contribution in [3.63, 3.8) is 0 Å². The van der Waals surface area contributed by atoms with Crippen LogP contribution in [0, 0.1) is 0 Å². The molecule has 0 amide bonds. The van der Waals surface area contributed by atoms with Crippen molar-refractivity contribution in [2.75, 3.05) is 14.1 Å². The van der Waals surface area contributed by atoms with Gasteiger partial charge < -0.3 is 9.88 Å². The lowest BCUT2D eigenvalue weighted by molar-refractivity contribution is 0.404. The van der Waals surface area contributed by atoms with Gasteiger partial charge in [0.05, 0.1) is 11.0 Å². The first-order valence-electron chi connectivity index (χ1n) is 4.33. The quantitative estimate of drug-likeness (QED) is 0.752. The summed E-state index contributed by atoms with van der Waals surface area (Å²) in [5.41, 5.74) is 3.44. The summed E-state index contributed by atoms with van der Waals surface area (Å²) in [5, 5.41) is 0. The highest BCUT2D eigenvalue weighted by Gasteiger charge is 2.03. The molecule has 13 heavy (non-hydrogen) atoms. The van der Waals surface area contributed by atoms with Crippen molar-refractivity contribution in [2.24, 2.45) is 0 Å². The van der Waals surface area contributed by atoms with E-state index >= 15 is 0 Å². The molecule has 2 rings (SSSR count). The Morgan fingerprint density at radius 1 is 1.46 bits per heavy atom. The second kappa shape index (κ2) is 3.18.